The highest BCUT2D eigenvalue weighted by molar-refractivity contribution is 5.84. The van der Waals surface area contributed by atoms with E-state index >= 15 is 0 Å². The van der Waals surface area contributed by atoms with Crippen LogP contribution >= 0.6 is 0 Å². The van der Waals surface area contributed by atoms with E-state index in [1.165, 1.54) is 24.3 Å². The molecule has 0 spiro atoms. The number of hydrogen-bond donors (Lipinski definition) is 4. The van der Waals surface area contributed by atoms with Crippen LogP contribution in [-0.2, 0) is 6.42 Å². The summed E-state index contributed by atoms with van der Waals surface area (Å²) in [5.41, 5.74) is 0.378. The smallest absolute Gasteiger partial charge is 0.196 e. The topological polar surface area (TPSA) is 111 Å². The number of aliphatic hydroxyl groups excluding tert-OH is 2. The minimum atomic E-state index is -0.410. The highest BCUT2D eigenvalue weighted by Crippen LogP contribution is 2.28. The van der Waals surface area contributed by atoms with E-state index in [4.69, 9.17) is 9.52 Å². The predicted molar refractivity (Wildman–Crippen MR) is 90.2 cm³/mol. The lowest BCUT2D eigenvalue weighted by molar-refractivity contribution is 0.342. The normalized spacial score (nSPS) is 12.1. The monoisotopic (exact) mass is 330 g/mol. The zero-order valence-corrected chi connectivity index (χ0v) is 12.9. The van der Waals surface area contributed by atoms with Gasteiger partial charge in [-0.1, -0.05) is 18.7 Å². The van der Waals surface area contributed by atoms with Crippen molar-refractivity contribution in [2.45, 2.75) is 12.8 Å². The molecule has 4 N–H and O–H groups in total. The Bertz CT molecular complexity index is 873. The molecule has 0 aliphatic rings. The summed E-state index contributed by atoms with van der Waals surface area (Å²) in [6, 6.07) is 3.62. The average molecular weight is 330 g/mol. The molecule has 0 saturated carbocycles. The highest BCUT2D eigenvalue weighted by Gasteiger charge is 2.11. The van der Waals surface area contributed by atoms with Crippen LogP contribution < -0.4 is 5.43 Å². The van der Waals surface area contributed by atoms with Crippen molar-refractivity contribution in [1.82, 2.24) is 0 Å². The van der Waals surface area contributed by atoms with E-state index in [2.05, 4.69) is 6.58 Å². The van der Waals surface area contributed by atoms with E-state index in [1.807, 2.05) is 0 Å². The third kappa shape index (κ3) is 4.27. The van der Waals surface area contributed by atoms with E-state index in [0.29, 0.717) is 24.2 Å². The van der Waals surface area contributed by atoms with Gasteiger partial charge in [0.15, 0.2) is 5.43 Å². The molecule has 0 aliphatic carbocycles. The largest absolute Gasteiger partial charge is 0.509 e. The molecule has 0 amide bonds. The Balaban J connectivity index is 2.31. The van der Waals surface area contributed by atoms with Gasteiger partial charge in [0.05, 0.1) is 6.61 Å². The van der Waals surface area contributed by atoms with Gasteiger partial charge < -0.3 is 24.8 Å². The van der Waals surface area contributed by atoms with Crippen LogP contribution in [0.5, 0.6) is 11.5 Å². The first kappa shape index (κ1) is 17.4. The average Bonchev–Trinajstić information content (AvgIpc) is 2.48. The number of rotatable bonds is 6. The standard InChI is InChI=1S/C18H18O6/c1-11(20)7-12(3-2-6-19)4-5-14-10-16(23)18-15(22)8-13(21)9-17(18)24-14/h2-3,7-10,19-22H,1,4-6H2/b3-2-,12-7+. The molecule has 6 heteroatoms. The summed E-state index contributed by atoms with van der Waals surface area (Å²) in [7, 11) is 0. The molecule has 0 atom stereocenters. The molecule has 2 rings (SSSR count). The van der Waals surface area contributed by atoms with Crippen LogP contribution in [-0.4, -0.2) is 27.0 Å². The van der Waals surface area contributed by atoms with Gasteiger partial charge in [0, 0.05) is 24.6 Å². The second-order valence-corrected chi connectivity index (χ2v) is 5.21. The summed E-state index contributed by atoms with van der Waals surface area (Å²) in [5.74, 6) is -0.302. The maximum absolute atomic E-state index is 12.1. The van der Waals surface area contributed by atoms with E-state index in [-0.39, 0.29) is 34.8 Å². The number of aliphatic hydroxyl groups is 2. The van der Waals surface area contributed by atoms with E-state index in [1.54, 1.807) is 6.08 Å². The van der Waals surface area contributed by atoms with Crippen LogP contribution in [0.15, 0.2) is 63.6 Å². The third-order valence-corrected chi connectivity index (χ3v) is 3.30. The fourth-order valence-electron chi connectivity index (χ4n) is 2.32. The number of hydrogen-bond acceptors (Lipinski definition) is 6. The zero-order chi connectivity index (χ0) is 17.7. The third-order valence-electron chi connectivity index (χ3n) is 3.30. The summed E-state index contributed by atoms with van der Waals surface area (Å²) < 4.78 is 5.56. The fourth-order valence-corrected chi connectivity index (χ4v) is 2.32. The fraction of sp³-hybridized carbons (Fsp3) is 0.167. The SMILES string of the molecule is C=C(O)/C=C(\C=C/CO)CCc1cc(=O)c2c(O)cc(O)cc2o1. The van der Waals surface area contributed by atoms with E-state index in [0.717, 1.165) is 6.07 Å². The number of phenols is 2. The van der Waals surface area contributed by atoms with Crippen LogP contribution in [0.25, 0.3) is 11.0 Å². The van der Waals surface area contributed by atoms with Crippen molar-refractivity contribution in [3.05, 3.63) is 70.3 Å². The molecule has 126 valence electrons. The summed E-state index contributed by atoms with van der Waals surface area (Å²) in [4.78, 5) is 12.1. The molecule has 6 nitrogen and oxygen atoms in total. The number of fused-ring (bicyclic) bond motifs is 1. The number of allylic oxidation sites excluding steroid dienone is 3. The molecular weight excluding hydrogens is 312 g/mol. The van der Waals surface area contributed by atoms with Crippen molar-refractivity contribution in [3.63, 3.8) is 0 Å². The van der Waals surface area contributed by atoms with Gasteiger partial charge in [-0.05, 0) is 18.1 Å². The van der Waals surface area contributed by atoms with Crippen molar-refractivity contribution < 1.29 is 24.8 Å². The second kappa shape index (κ2) is 7.52. The van der Waals surface area contributed by atoms with Gasteiger partial charge in [-0.25, -0.2) is 0 Å². The lowest BCUT2D eigenvalue weighted by Gasteiger charge is -2.06. The molecule has 1 aromatic heterocycles. The Labute approximate surface area is 137 Å². The number of aryl methyl sites for hydroxylation is 1. The van der Waals surface area contributed by atoms with Crippen molar-refractivity contribution in [2.24, 2.45) is 0 Å². The molecule has 0 unspecified atom stereocenters. The number of aromatic hydroxyl groups is 2. The van der Waals surface area contributed by atoms with Crippen molar-refractivity contribution in [3.8, 4) is 11.5 Å². The van der Waals surface area contributed by atoms with Crippen molar-refractivity contribution in [1.29, 1.82) is 0 Å². The highest BCUT2D eigenvalue weighted by atomic mass is 16.3. The molecule has 2 aromatic rings. The summed E-state index contributed by atoms with van der Waals surface area (Å²) in [6.45, 7) is 3.25. The van der Waals surface area contributed by atoms with Crippen molar-refractivity contribution >= 4 is 11.0 Å². The number of benzene rings is 1. The molecular formula is C18H18O6. The summed E-state index contributed by atoms with van der Waals surface area (Å²) in [6.07, 6.45) is 5.37. The van der Waals surface area contributed by atoms with Gasteiger partial charge in [-0.2, -0.15) is 0 Å². The Morgan fingerprint density at radius 2 is 2.00 bits per heavy atom. The van der Waals surface area contributed by atoms with Gasteiger partial charge in [0.25, 0.3) is 0 Å². The minimum Gasteiger partial charge on any atom is -0.509 e. The van der Waals surface area contributed by atoms with Gasteiger partial charge >= 0.3 is 0 Å². The first-order chi connectivity index (χ1) is 11.4. The van der Waals surface area contributed by atoms with E-state index in [9.17, 15) is 20.1 Å². The maximum atomic E-state index is 12.1. The van der Waals surface area contributed by atoms with Gasteiger partial charge in [-0.3, -0.25) is 4.79 Å². The molecule has 1 heterocycles. The first-order valence-electron chi connectivity index (χ1n) is 7.25. The molecule has 0 saturated heterocycles. The Morgan fingerprint density at radius 3 is 2.67 bits per heavy atom. The maximum Gasteiger partial charge on any atom is 0.196 e. The zero-order valence-electron chi connectivity index (χ0n) is 12.9. The lowest BCUT2D eigenvalue weighted by Crippen LogP contribution is -2.03. The molecule has 0 fully saturated rings. The predicted octanol–water partition coefficient (Wildman–Crippen LogP) is 2.68. The first-order valence-corrected chi connectivity index (χ1v) is 7.25. The van der Waals surface area contributed by atoms with Crippen LogP contribution in [0.1, 0.15) is 12.2 Å². The van der Waals surface area contributed by atoms with Crippen LogP contribution in [0.4, 0.5) is 0 Å². The molecule has 24 heavy (non-hydrogen) atoms. The Morgan fingerprint density at radius 1 is 1.25 bits per heavy atom. The summed E-state index contributed by atoms with van der Waals surface area (Å²) in [5, 5.41) is 37.4. The van der Waals surface area contributed by atoms with Gasteiger partial charge in [0.2, 0.25) is 0 Å². The summed E-state index contributed by atoms with van der Waals surface area (Å²) >= 11 is 0. The Kier molecular flexibility index (Phi) is 5.44. The van der Waals surface area contributed by atoms with E-state index < -0.39 is 5.43 Å². The quantitative estimate of drug-likeness (QED) is 0.479. The number of phenolic OH excluding ortho intramolecular Hbond substituents is 2. The molecule has 0 aliphatic heterocycles. The van der Waals surface area contributed by atoms with Crippen LogP contribution in [0.3, 0.4) is 0 Å². The second-order valence-electron chi connectivity index (χ2n) is 5.21. The Hall–Kier alpha value is -2.99. The lowest BCUT2D eigenvalue weighted by atomic mass is 10.1. The molecule has 0 radical (unpaired) electrons. The van der Waals surface area contributed by atoms with Crippen LogP contribution in [0, 0.1) is 0 Å². The van der Waals surface area contributed by atoms with Crippen LogP contribution in [0.2, 0.25) is 0 Å². The molecule has 1 aromatic carbocycles. The van der Waals surface area contributed by atoms with Gasteiger partial charge in [0.1, 0.15) is 34.0 Å². The minimum absolute atomic E-state index is 0.0104. The molecule has 0 bridgehead atoms. The van der Waals surface area contributed by atoms with Gasteiger partial charge in [-0.15, -0.1) is 0 Å². The van der Waals surface area contributed by atoms with Crippen molar-refractivity contribution in [2.75, 3.05) is 6.61 Å².